The molecule has 3 rings (SSSR count). The first-order valence-electron chi connectivity index (χ1n) is 13.7. The van der Waals surface area contributed by atoms with Crippen LogP contribution in [0.4, 0.5) is 0 Å². The third-order valence-electron chi connectivity index (χ3n) is 6.94. The van der Waals surface area contributed by atoms with Crippen molar-refractivity contribution in [1.82, 2.24) is 15.7 Å². The molecule has 0 spiro atoms. The van der Waals surface area contributed by atoms with Crippen molar-refractivity contribution < 1.29 is 24.3 Å². The summed E-state index contributed by atoms with van der Waals surface area (Å²) in [6.07, 6.45) is 3.88. The monoisotopic (exact) mass is 523 g/mol. The quantitative estimate of drug-likeness (QED) is 0.266. The lowest BCUT2D eigenvalue weighted by atomic mass is 9.81. The number of rotatable bonds is 12. The van der Waals surface area contributed by atoms with E-state index in [-0.39, 0.29) is 17.7 Å². The first kappa shape index (κ1) is 29.2. The van der Waals surface area contributed by atoms with Crippen molar-refractivity contribution in [2.45, 2.75) is 71.9 Å². The van der Waals surface area contributed by atoms with E-state index in [2.05, 4.69) is 5.32 Å². The van der Waals surface area contributed by atoms with E-state index in [0.717, 1.165) is 24.2 Å². The molecule has 2 unspecified atom stereocenters. The molecular formula is C30H41N3O5. The van der Waals surface area contributed by atoms with Crippen LogP contribution in [0.5, 0.6) is 11.5 Å². The number of ether oxygens (including phenoxy) is 1. The van der Waals surface area contributed by atoms with Gasteiger partial charge in [-0.2, -0.15) is 0 Å². The highest BCUT2D eigenvalue weighted by Gasteiger charge is 2.36. The zero-order valence-corrected chi connectivity index (χ0v) is 22.7. The molecule has 38 heavy (non-hydrogen) atoms. The molecule has 206 valence electrons. The van der Waals surface area contributed by atoms with Gasteiger partial charge >= 0.3 is 0 Å². The lowest BCUT2D eigenvalue weighted by Crippen LogP contribution is -2.51. The van der Waals surface area contributed by atoms with E-state index in [0.29, 0.717) is 44.5 Å². The SMILES string of the molecule is CCCC(C(=O)NO)C(CC(C)C)C(=O)N[C@H]1CCCCN(Cc2cccc(Oc3ccccc3)c2)C1=O. The topological polar surface area (TPSA) is 108 Å². The average Bonchev–Trinajstić information content (AvgIpc) is 3.07. The summed E-state index contributed by atoms with van der Waals surface area (Å²) in [6.45, 7) is 6.95. The molecule has 2 aromatic rings. The van der Waals surface area contributed by atoms with Crippen molar-refractivity contribution in [2.24, 2.45) is 17.8 Å². The molecule has 3 amide bonds. The number of nitrogens with one attached hydrogen (secondary N) is 2. The molecule has 1 saturated heterocycles. The predicted octanol–water partition coefficient (Wildman–Crippen LogP) is 5.06. The summed E-state index contributed by atoms with van der Waals surface area (Å²) in [7, 11) is 0. The summed E-state index contributed by atoms with van der Waals surface area (Å²) < 4.78 is 5.95. The highest BCUT2D eigenvalue weighted by Crippen LogP contribution is 2.27. The van der Waals surface area contributed by atoms with Gasteiger partial charge in [0.15, 0.2) is 0 Å². The molecule has 1 aliphatic rings. The third kappa shape index (κ3) is 8.31. The Bertz CT molecular complexity index is 1060. The number of para-hydroxylation sites is 1. The summed E-state index contributed by atoms with van der Waals surface area (Å²) in [5.74, 6) is -0.657. The van der Waals surface area contributed by atoms with Crippen LogP contribution in [-0.4, -0.2) is 40.4 Å². The number of hydroxylamine groups is 1. The summed E-state index contributed by atoms with van der Waals surface area (Å²) in [6, 6.07) is 16.6. The van der Waals surface area contributed by atoms with E-state index >= 15 is 0 Å². The maximum Gasteiger partial charge on any atom is 0.247 e. The Morgan fingerprint density at radius 1 is 1.03 bits per heavy atom. The van der Waals surface area contributed by atoms with Crippen LogP contribution in [0.1, 0.15) is 64.9 Å². The van der Waals surface area contributed by atoms with Crippen molar-refractivity contribution in [1.29, 1.82) is 0 Å². The summed E-state index contributed by atoms with van der Waals surface area (Å²) >= 11 is 0. The van der Waals surface area contributed by atoms with Gasteiger partial charge in [0.05, 0.1) is 5.92 Å². The highest BCUT2D eigenvalue weighted by atomic mass is 16.5. The minimum absolute atomic E-state index is 0.118. The number of likely N-dealkylation sites (tertiary alicyclic amines) is 1. The van der Waals surface area contributed by atoms with Crippen LogP contribution in [0.25, 0.3) is 0 Å². The van der Waals surface area contributed by atoms with Gasteiger partial charge in [0.25, 0.3) is 0 Å². The van der Waals surface area contributed by atoms with Gasteiger partial charge < -0.3 is 15.0 Å². The maximum atomic E-state index is 13.6. The summed E-state index contributed by atoms with van der Waals surface area (Å²) in [5.41, 5.74) is 2.67. The lowest BCUT2D eigenvalue weighted by molar-refractivity contribution is -0.143. The Balaban J connectivity index is 1.72. The predicted molar refractivity (Wildman–Crippen MR) is 145 cm³/mol. The van der Waals surface area contributed by atoms with E-state index in [4.69, 9.17) is 4.74 Å². The maximum absolute atomic E-state index is 13.6. The molecule has 8 heteroatoms. The molecule has 1 heterocycles. The molecule has 0 saturated carbocycles. The smallest absolute Gasteiger partial charge is 0.247 e. The molecule has 0 bridgehead atoms. The second kappa shape index (κ2) is 14.5. The molecule has 0 radical (unpaired) electrons. The van der Waals surface area contributed by atoms with Crippen LogP contribution in [-0.2, 0) is 20.9 Å². The number of hydrogen-bond donors (Lipinski definition) is 3. The van der Waals surface area contributed by atoms with E-state index in [1.54, 1.807) is 10.4 Å². The summed E-state index contributed by atoms with van der Waals surface area (Å²) in [5, 5.41) is 12.2. The van der Waals surface area contributed by atoms with Crippen LogP contribution in [0.15, 0.2) is 54.6 Å². The normalized spacial score (nSPS) is 17.4. The minimum atomic E-state index is -0.656. The Morgan fingerprint density at radius 3 is 2.45 bits per heavy atom. The van der Waals surface area contributed by atoms with Gasteiger partial charge in [-0.3, -0.25) is 19.6 Å². The zero-order valence-electron chi connectivity index (χ0n) is 22.7. The fourth-order valence-electron chi connectivity index (χ4n) is 5.10. The van der Waals surface area contributed by atoms with E-state index in [1.165, 1.54) is 0 Å². The first-order valence-corrected chi connectivity index (χ1v) is 13.7. The van der Waals surface area contributed by atoms with Crippen molar-refractivity contribution in [2.75, 3.05) is 6.54 Å². The van der Waals surface area contributed by atoms with Gasteiger partial charge in [0.1, 0.15) is 17.5 Å². The fraction of sp³-hybridized carbons (Fsp3) is 0.500. The Kier molecular flexibility index (Phi) is 11.1. The van der Waals surface area contributed by atoms with Gasteiger partial charge in [0.2, 0.25) is 17.7 Å². The van der Waals surface area contributed by atoms with Gasteiger partial charge in [-0.1, -0.05) is 57.5 Å². The summed E-state index contributed by atoms with van der Waals surface area (Å²) in [4.78, 5) is 41.2. The van der Waals surface area contributed by atoms with Crippen LogP contribution in [0, 0.1) is 17.8 Å². The third-order valence-corrected chi connectivity index (χ3v) is 6.94. The second-order valence-corrected chi connectivity index (χ2v) is 10.5. The van der Waals surface area contributed by atoms with Crippen molar-refractivity contribution in [3.8, 4) is 11.5 Å². The molecule has 2 aromatic carbocycles. The number of benzene rings is 2. The van der Waals surface area contributed by atoms with Crippen LogP contribution in [0.2, 0.25) is 0 Å². The van der Waals surface area contributed by atoms with E-state index in [9.17, 15) is 19.6 Å². The van der Waals surface area contributed by atoms with Crippen LogP contribution >= 0.6 is 0 Å². The molecule has 3 N–H and O–H groups in total. The standard InChI is InChI=1S/C30H41N3O5/c1-4-11-25(29(35)32-37)26(18-21(2)3)28(34)31-27-16-8-9-17-33(30(27)36)20-22-12-10-15-24(19-22)38-23-13-6-5-7-14-23/h5-7,10,12-15,19,21,25-27,37H,4,8-9,11,16-18,20H2,1-3H3,(H,31,34)(H,32,35)/t25?,26?,27-/m0/s1. The number of carbonyl (C=O) groups excluding carboxylic acids is 3. The zero-order chi connectivity index (χ0) is 27.5. The van der Waals surface area contributed by atoms with Crippen LogP contribution in [0.3, 0.4) is 0 Å². The number of carbonyl (C=O) groups is 3. The molecule has 3 atom stereocenters. The molecular weight excluding hydrogens is 482 g/mol. The molecule has 0 aliphatic carbocycles. The van der Waals surface area contributed by atoms with E-state index < -0.39 is 23.8 Å². The van der Waals surface area contributed by atoms with Gasteiger partial charge in [-0.25, -0.2) is 5.48 Å². The van der Waals surface area contributed by atoms with Crippen LogP contribution < -0.4 is 15.5 Å². The first-order chi connectivity index (χ1) is 18.3. The largest absolute Gasteiger partial charge is 0.457 e. The molecule has 0 aromatic heterocycles. The Hall–Kier alpha value is -3.39. The minimum Gasteiger partial charge on any atom is -0.457 e. The van der Waals surface area contributed by atoms with E-state index in [1.807, 2.05) is 75.4 Å². The number of amides is 3. The second-order valence-electron chi connectivity index (χ2n) is 10.5. The molecule has 8 nitrogen and oxygen atoms in total. The highest BCUT2D eigenvalue weighted by molar-refractivity contribution is 5.91. The van der Waals surface area contributed by atoms with Crippen molar-refractivity contribution in [3.63, 3.8) is 0 Å². The number of nitrogens with zero attached hydrogens (tertiary/aromatic N) is 1. The molecule has 1 aliphatic heterocycles. The Morgan fingerprint density at radius 2 is 1.76 bits per heavy atom. The van der Waals surface area contributed by atoms with Crippen molar-refractivity contribution >= 4 is 17.7 Å². The molecule has 1 fully saturated rings. The van der Waals surface area contributed by atoms with Gasteiger partial charge in [0, 0.05) is 19.0 Å². The van der Waals surface area contributed by atoms with Gasteiger partial charge in [-0.05, 0) is 67.9 Å². The Labute approximate surface area is 225 Å². The average molecular weight is 524 g/mol. The van der Waals surface area contributed by atoms with Crippen molar-refractivity contribution in [3.05, 3.63) is 60.2 Å². The number of hydrogen-bond acceptors (Lipinski definition) is 5. The lowest BCUT2D eigenvalue weighted by Gasteiger charge is -2.29. The fourth-order valence-corrected chi connectivity index (χ4v) is 5.10. The van der Waals surface area contributed by atoms with Gasteiger partial charge in [-0.15, -0.1) is 0 Å².